The first-order valence-electron chi connectivity index (χ1n) is 4.81. The maximum Gasteiger partial charge on any atom is 0.222 e. The minimum absolute atomic E-state index is 0.0515. The van der Waals surface area contributed by atoms with Crippen LogP contribution in [0.15, 0.2) is 6.07 Å². The third kappa shape index (κ3) is 4.43. The molecular weight excluding hydrogens is 228 g/mol. The highest BCUT2D eigenvalue weighted by Crippen LogP contribution is 2.09. The molecule has 3 N–H and O–H groups in total. The quantitative estimate of drug-likeness (QED) is 0.785. The molecule has 90 valence electrons. The number of nitrogens with two attached hydrogens (primary N) is 1. The maximum atomic E-state index is 11.1. The van der Waals surface area contributed by atoms with Crippen molar-refractivity contribution in [2.45, 2.75) is 19.9 Å². The third-order valence-corrected chi connectivity index (χ3v) is 2.92. The predicted octanol–water partition coefficient (Wildman–Crippen LogP) is 0.212. The third-order valence-electron chi connectivity index (χ3n) is 1.82. The Morgan fingerprint density at radius 1 is 1.50 bits per heavy atom. The average molecular weight is 244 g/mol. The van der Waals surface area contributed by atoms with Gasteiger partial charge in [-0.1, -0.05) is 0 Å². The van der Waals surface area contributed by atoms with Gasteiger partial charge in [0.15, 0.2) is 0 Å². The Bertz CT molecular complexity index is 452. The largest absolute Gasteiger partial charge is 0.368 e. The summed E-state index contributed by atoms with van der Waals surface area (Å²) in [5, 5.41) is 2.97. The summed E-state index contributed by atoms with van der Waals surface area (Å²) in [6.45, 7) is 3.57. The Balaban J connectivity index is 2.73. The molecule has 1 aromatic rings. The van der Waals surface area contributed by atoms with E-state index >= 15 is 0 Å². The van der Waals surface area contributed by atoms with Crippen LogP contribution in [0.1, 0.15) is 12.6 Å². The molecule has 0 saturated heterocycles. The van der Waals surface area contributed by atoms with Crippen LogP contribution in [-0.2, 0) is 9.84 Å². The van der Waals surface area contributed by atoms with Crippen LogP contribution in [0.4, 0.5) is 11.8 Å². The first-order valence-corrected chi connectivity index (χ1v) is 6.88. The lowest BCUT2D eigenvalue weighted by atomic mass is 10.3. The van der Waals surface area contributed by atoms with Crippen LogP contribution < -0.4 is 11.1 Å². The summed E-state index contributed by atoms with van der Waals surface area (Å²) < 4.78 is 22.1. The van der Waals surface area contributed by atoms with Crippen molar-refractivity contribution < 1.29 is 8.42 Å². The summed E-state index contributed by atoms with van der Waals surface area (Å²) >= 11 is 0. The summed E-state index contributed by atoms with van der Waals surface area (Å²) in [7, 11) is -3.00. The first-order chi connectivity index (χ1) is 7.26. The molecule has 0 fully saturated rings. The Morgan fingerprint density at radius 3 is 2.62 bits per heavy atom. The molecule has 0 amide bonds. The molecule has 1 atom stereocenters. The van der Waals surface area contributed by atoms with Crippen LogP contribution in [0.2, 0.25) is 0 Å². The van der Waals surface area contributed by atoms with E-state index in [2.05, 4.69) is 15.3 Å². The zero-order valence-electron chi connectivity index (χ0n) is 9.56. The van der Waals surface area contributed by atoms with Crippen molar-refractivity contribution in [3.05, 3.63) is 11.8 Å². The fraction of sp³-hybridized carbons (Fsp3) is 0.556. The number of anilines is 2. The van der Waals surface area contributed by atoms with Crippen molar-refractivity contribution in [3.8, 4) is 0 Å². The second-order valence-electron chi connectivity index (χ2n) is 3.89. The lowest BCUT2D eigenvalue weighted by molar-refractivity contribution is 0.598. The van der Waals surface area contributed by atoms with Crippen LogP contribution in [-0.4, -0.2) is 36.4 Å². The number of aromatic nitrogens is 2. The standard InChI is InChI=1S/C9H16N4O2S/c1-6-4-8(13-9(10)12-6)11-7(2)5-16(3,14)15/h4,7H,5H2,1-3H3,(H3,10,11,12,13). The van der Waals surface area contributed by atoms with Gasteiger partial charge in [0, 0.05) is 24.1 Å². The molecule has 0 aliphatic carbocycles. The number of nitrogen functional groups attached to an aromatic ring is 1. The van der Waals surface area contributed by atoms with Gasteiger partial charge in [-0.3, -0.25) is 0 Å². The maximum absolute atomic E-state index is 11.1. The highest BCUT2D eigenvalue weighted by molar-refractivity contribution is 7.90. The highest BCUT2D eigenvalue weighted by Gasteiger charge is 2.11. The molecule has 1 rings (SSSR count). The Hall–Kier alpha value is -1.37. The van der Waals surface area contributed by atoms with Crippen molar-refractivity contribution in [3.63, 3.8) is 0 Å². The molecule has 0 bridgehead atoms. The van der Waals surface area contributed by atoms with Gasteiger partial charge in [-0.2, -0.15) is 4.98 Å². The molecule has 1 unspecified atom stereocenters. The first kappa shape index (κ1) is 12.7. The van der Waals surface area contributed by atoms with E-state index < -0.39 is 9.84 Å². The van der Waals surface area contributed by atoms with Crippen molar-refractivity contribution in [1.82, 2.24) is 9.97 Å². The molecule has 7 heteroatoms. The van der Waals surface area contributed by atoms with E-state index in [1.54, 1.807) is 19.9 Å². The number of nitrogens with zero attached hydrogens (tertiary/aromatic N) is 2. The Labute approximate surface area is 95.2 Å². The monoisotopic (exact) mass is 244 g/mol. The summed E-state index contributed by atoms with van der Waals surface area (Å²) in [6, 6.07) is 1.50. The number of rotatable bonds is 4. The minimum atomic E-state index is -3.00. The molecule has 1 aromatic heterocycles. The van der Waals surface area contributed by atoms with Gasteiger partial charge in [0.05, 0.1) is 5.75 Å². The number of nitrogens with one attached hydrogen (secondary N) is 1. The number of aryl methyl sites for hydroxylation is 1. The van der Waals surface area contributed by atoms with E-state index in [9.17, 15) is 8.42 Å². The van der Waals surface area contributed by atoms with Crippen LogP contribution in [0, 0.1) is 6.92 Å². The van der Waals surface area contributed by atoms with Crippen molar-refractivity contribution in [1.29, 1.82) is 0 Å². The normalized spacial score (nSPS) is 13.4. The van der Waals surface area contributed by atoms with Crippen molar-refractivity contribution in [2.75, 3.05) is 23.1 Å². The SMILES string of the molecule is Cc1cc(NC(C)CS(C)(=O)=O)nc(N)n1. The number of hydrogen-bond donors (Lipinski definition) is 2. The van der Waals surface area contributed by atoms with Gasteiger partial charge >= 0.3 is 0 Å². The molecular formula is C9H16N4O2S. The number of hydrogen-bond acceptors (Lipinski definition) is 6. The van der Waals surface area contributed by atoms with Crippen molar-refractivity contribution >= 4 is 21.6 Å². The Kier molecular flexibility index (Phi) is 3.69. The molecule has 0 aliphatic rings. The van der Waals surface area contributed by atoms with Gasteiger partial charge in [-0.05, 0) is 13.8 Å². The highest BCUT2D eigenvalue weighted by atomic mass is 32.2. The van der Waals surface area contributed by atoms with Gasteiger partial charge in [0.2, 0.25) is 5.95 Å². The van der Waals surface area contributed by atoms with Gasteiger partial charge in [0.1, 0.15) is 15.7 Å². The summed E-state index contributed by atoms with van der Waals surface area (Å²) in [6.07, 6.45) is 1.20. The molecule has 0 aromatic carbocycles. The average Bonchev–Trinajstić information content (AvgIpc) is 1.96. The van der Waals surface area contributed by atoms with E-state index in [1.165, 1.54) is 6.26 Å². The molecule has 0 saturated carbocycles. The van der Waals surface area contributed by atoms with Gasteiger partial charge in [0.25, 0.3) is 0 Å². The summed E-state index contributed by atoms with van der Waals surface area (Å²) in [5.74, 6) is 0.769. The topological polar surface area (TPSA) is 98.0 Å². The van der Waals surface area contributed by atoms with Crippen LogP contribution in [0.5, 0.6) is 0 Å². The summed E-state index contributed by atoms with van der Waals surface area (Å²) in [4.78, 5) is 7.89. The smallest absolute Gasteiger partial charge is 0.222 e. The molecule has 16 heavy (non-hydrogen) atoms. The van der Waals surface area contributed by atoms with Gasteiger partial charge in [-0.15, -0.1) is 0 Å². The van der Waals surface area contributed by atoms with Crippen molar-refractivity contribution in [2.24, 2.45) is 0 Å². The zero-order chi connectivity index (χ0) is 12.3. The van der Waals surface area contributed by atoms with Gasteiger partial charge in [-0.25, -0.2) is 13.4 Å². The van der Waals surface area contributed by atoms with E-state index in [4.69, 9.17) is 5.73 Å². The molecule has 0 radical (unpaired) electrons. The number of sulfone groups is 1. The van der Waals surface area contributed by atoms with E-state index in [0.29, 0.717) is 5.82 Å². The van der Waals surface area contributed by atoms with Crippen LogP contribution >= 0.6 is 0 Å². The lowest BCUT2D eigenvalue weighted by Gasteiger charge is -2.13. The van der Waals surface area contributed by atoms with Gasteiger partial charge < -0.3 is 11.1 Å². The fourth-order valence-electron chi connectivity index (χ4n) is 1.41. The zero-order valence-corrected chi connectivity index (χ0v) is 10.4. The predicted molar refractivity (Wildman–Crippen MR) is 64.0 cm³/mol. The molecule has 6 nitrogen and oxygen atoms in total. The second kappa shape index (κ2) is 4.65. The van der Waals surface area contributed by atoms with E-state index in [0.717, 1.165) is 5.69 Å². The fourth-order valence-corrected chi connectivity index (χ4v) is 2.41. The lowest BCUT2D eigenvalue weighted by Crippen LogP contribution is -2.25. The Morgan fingerprint density at radius 2 is 2.12 bits per heavy atom. The minimum Gasteiger partial charge on any atom is -0.368 e. The molecule has 0 spiro atoms. The van der Waals surface area contributed by atoms with E-state index in [1.807, 2.05) is 0 Å². The second-order valence-corrected chi connectivity index (χ2v) is 6.08. The molecule has 0 aliphatic heterocycles. The molecule has 1 heterocycles. The van der Waals surface area contributed by atoms with Crippen LogP contribution in [0.3, 0.4) is 0 Å². The summed E-state index contributed by atoms with van der Waals surface area (Å²) in [5.41, 5.74) is 6.22. The van der Waals surface area contributed by atoms with Crippen LogP contribution in [0.25, 0.3) is 0 Å². The van der Waals surface area contributed by atoms with E-state index in [-0.39, 0.29) is 17.7 Å².